The summed E-state index contributed by atoms with van der Waals surface area (Å²) < 4.78 is 5.95. The first-order valence-corrected chi connectivity index (χ1v) is 9.67. The van der Waals surface area contributed by atoms with E-state index in [1.807, 2.05) is 12.1 Å². The molecule has 3 rings (SSSR count). The van der Waals surface area contributed by atoms with E-state index in [0.717, 1.165) is 43.3 Å². The summed E-state index contributed by atoms with van der Waals surface area (Å²) in [4.78, 5) is 8.95. The lowest BCUT2D eigenvalue weighted by Gasteiger charge is -2.15. The normalized spacial score (nSPS) is 16.6. The number of nitrogens with zero attached hydrogens (tertiary/aromatic N) is 2. The second kappa shape index (κ2) is 8.34. The van der Waals surface area contributed by atoms with Gasteiger partial charge in [0.1, 0.15) is 11.9 Å². The third-order valence-corrected chi connectivity index (χ3v) is 5.37. The number of hydrogen-bond acceptors (Lipinski definition) is 4. The van der Waals surface area contributed by atoms with Crippen LogP contribution in [-0.2, 0) is 12.8 Å². The number of hydrogen-bond donors (Lipinski definition) is 2. The van der Waals surface area contributed by atoms with E-state index in [0.29, 0.717) is 5.92 Å². The van der Waals surface area contributed by atoms with Crippen molar-refractivity contribution in [3.05, 3.63) is 45.9 Å². The molecule has 0 saturated carbocycles. The van der Waals surface area contributed by atoms with Crippen LogP contribution in [0.1, 0.15) is 36.0 Å². The summed E-state index contributed by atoms with van der Waals surface area (Å²) >= 11 is 1.74. The molecule has 0 fully saturated rings. The summed E-state index contributed by atoms with van der Waals surface area (Å²) in [5, 5.41) is 10.1. The predicted molar refractivity (Wildman–Crippen MR) is 104 cm³/mol. The largest absolute Gasteiger partial charge is 0.488 e. The Balaban J connectivity index is 1.40. The molecule has 5 nitrogen and oxygen atoms in total. The highest BCUT2D eigenvalue weighted by atomic mass is 32.1. The van der Waals surface area contributed by atoms with Crippen LogP contribution in [0.4, 0.5) is 0 Å². The molecule has 0 amide bonds. The maximum atomic E-state index is 5.95. The first-order valence-electron chi connectivity index (χ1n) is 8.79. The SMILES string of the molecule is CN=C(NCCc1csc(C(C)C)n1)NCC1Cc2ccccc2O1. The molecule has 1 aromatic heterocycles. The summed E-state index contributed by atoms with van der Waals surface area (Å²) in [6, 6.07) is 8.23. The van der Waals surface area contributed by atoms with Gasteiger partial charge in [0.2, 0.25) is 0 Å². The van der Waals surface area contributed by atoms with Crippen LogP contribution < -0.4 is 15.4 Å². The van der Waals surface area contributed by atoms with Gasteiger partial charge < -0.3 is 15.4 Å². The van der Waals surface area contributed by atoms with Crippen LogP contribution in [0.25, 0.3) is 0 Å². The van der Waals surface area contributed by atoms with Gasteiger partial charge >= 0.3 is 0 Å². The smallest absolute Gasteiger partial charge is 0.191 e. The molecule has 0 aliphatic carbocycles. The molecule has 2 aromatic rings. The maximum absolute atomic E-state index is 5.95. The molecule has 0 radical (unpaired) electrons. The second-order valence-corrected chi connectivity index (χ2v) is 7.40. The zero-order valence-corrected chi connectivity index (χ0v) is 15.9. The molecule has 0 bridgehead atoms. The van der Waals surface area contributed by atoms with E-state index in [2.05, 4.69) is 52.0 Å². The van der Waals surface area contributed by atoms with Gasteiger partial charge in [-0.3, -0.25) is 4.99 Å². The summed E-state index contributed by atoms with van der Waals surface area (Å²) in [6.45, 7) is 5.90. The number of para-hydroxylation sites is 1. The van der Waals surface area contributed by atoms with Crippen molar-refractivity contribution in [2.45, 2.75) is 38.7 Å². The van der Waals surface area contributed by atoms with Crippen LogP contribution in [-0.4, -0.2) is 37.2 Å². The second-order valence-electron chi connectivity index (χ2n) is 6.51. The standard InChI is InChI=1S/C19H26N4OS/c1-13(2)18-23-15(12-25-18)8-9-21-19(20-3)22-11-16-10-14-6-4-5-7-17(14)24-16/h4-7,12-13,16H,8-11H2,1-3H3,(H2,20,21,22). The maximum Gasteiger partial charge on any atom is 0.191 e. The zero-order valence-electron chi connectivity index (χ0n) is 15.1. The Bertz CT molecular complexity index is 701. The highest BCUT2D eigenvalue weighted by Gasteiger charge is 2.22. The van der Waals surface area contributed by atoms with Crippen LogP contribution in [0.5, 0.6) is 5.75 Å². The van der Waals surface area contributed by atoms with E-state index in [1.165, 1.54) is 10.6 Å². The Hall–Kier alpha value is -2.08. The number of nitrogens with one attached hydrogen (secondary N) is 2. The number of thiazole rings is 1. The first kappa shape index (κ1) is 17.7. The number of aromatic nitrogens is 1. The van der Waals surface area contributed by atoms with Gasteiger partial charge in [0, 0.05) is 37.7 Å². The number of fused-ring (bicyclic) bond motifs is 1. The van der Waals surface area contributed by atoms with E-state index >= 15 is 0 Å². The van der Waals surface area contributed by atoms with Gasteiger partial charge in [-0.05, 0) is 11.6 Å². The van der Waals surface area contributed by atoms with Crippen LogP contribution in [0.2, 0.25) is 0 Å². The van der Waals surface area contributed by atoms with Crippen LogP contribution in [0.15, 0.2) is 34.6 Å². The first-order chi connectivity index (χ1) is 12.2. The molecular formula is C19H26N4OS. The molecule has 6 heteroatoms. The molecule has 2 N–H and O–H groups in total. The molecule has 2 heterocycles. The van der Waals surface area contributed by atoms with Gasteiger partial charge in [0.05, 0.1) is 17.2 Å². The molecule has 1 aliphatic rings. The van der Waals surface area contributed by atoms with Gasteiger partial charge in [-0.2, -0.15) is 0 Å². The van der Waals surface area contributed by atoms with Gasteiger partial charge in [0.15, 0.2) is 5.96 Å². The van der Waals surface area contributed by atoms with Gasteiger partial charge in [-0.15, -0.1) is 11.3 Å². The van der Waals surface area contributed by atoms with Crippen LogP contribution in [0, 0.1) is 0 Å². The molecular weight excluding hydrogens is 332 g/mol. The fourth-order valence-corrected chi connectivity index (χ4v) is 3.68. The molecule has 1 unspecified atom stereocenters. The molecule has 25 heavy (non-hydrogen) atoms. The summed E-state index contributed by atoms with van der Waals surface area (Å²) in [5.41, 5.74) is 2.42. The summed E-state index contributed by atoms with van der Waals surface area (Å²) in [5.74, 6) is 2.30. The van der Waals surface area contributed by atoms with E-state index in [4.69, 9.17) is 4.74 Å². The Morgan fingerprint density at radius 3 is 2.92 bits per heavy atom. The van der Waals surface area contributed by atoms with Gasteiger partial charge in [-0.1, -0.05) is 32.0 Å². The summed E-state index contributed by atoms with van der Waals surface area (Å²) in [6.07, 6.45) is 2.00. The predicted octanol–water partition coefficient (Wildman–Crippen LogP) is 2.98. The Morgan fingerprint density at radius 2 is 2.20 bits per heavy atom. The minimum atomic E-state index is 0.156. The van der Waals surface area contributed by atoms with Crippen molar-refractivity contribution in [2.75, 3.05) is 20.1 Å². The fraction of sp³-hybridized carbons (Fsp3) is 0.474. The molecule has 0 spiro atoms. The average Bonchev–Trinajstić information content (AvgIpc) is 3.24. The van der Waals surface area contributed by atoms with Crippen molar-refractivity contribution in [1.82, 2.24) is 15.6 Å². The van der Waals surface area contributed by atoms with Crippen molar-refractivity contribution in [3.8, 4) is 5.75 Å². The van der Waals surface area contributed by atoms with Gasteiger partial charge in [0.25, 0.3) is 0 Å². The lowest BCUT2D eigenvalue weighted by Crippen LogP contribution is -2.42. The topological polar surface area (TPSA) is 58.5 Å². The van der Waals surface area contributed by atoms with Crippen molar-refractivity contribution in [1.29, 1.82) is 0 Å². The monoisotopic (exact) mass is 358 g/mol. The van der Waals surface area contributed by atoms with Crippen LogP contribution >= 0.6 is 11.3 Å². The Kier molecular flexibility index (Phi) is 5.91. The minimum absolute atomic E-state index is 0.156. The minimum Gasteiger partial charge on any atom is -0.488 e. The van der Waals surface area contributed by atoms with Crippen molar-refractivity contribution in [3.63, 3.8) is 0 Å². The Labute approximate surface area is 153 Å². The number of benzene rings is 1. The Morgan fingerprint density at radius 1 is 1.36 bits per heavy atom. The van der Waals surface area contributed by atoms with E-state index in [1.54, 1.807) is 18.4 Å². The zero-order chi connectivity index (χ0) is 17.6. The van der Waals surface area contributed by atoms with Crippen LogP contribution in [0.3, 0.4) is 0 Å². The lowest BCUT2D eigenvalue weighted by molar-refractivity contribution is 0.235. The molecule has 0 saturated heterocycles. The molecule has 1 aromatic carbocycles. The van der Waals surface area contributed by atoms with Crippen molar-refractivity contribution < 1.29 is 4.74 Å². The van der Waals surface area contributed by atoms with E-state index in [9.17, 15) is 0 Å². The number of ether oxygens (including phenoxy) is 1. The quantitative estimate of drug-likeness (QED) is 0.616. The van der Waals surface area contributed by atoms with Crippen molar-refractivity contribution in [2.24, 2.45) is 4.99 Å². The third-order valence-electron chi connectivity index (χ3n) is 4.17. The lowest BCUT2D eigenvalue weighted by atomic mass is 10.1. The summed E-state index contributed by atoms with van der Waals surface area (Å²) in [7, 11) is 1.79. The highest BCUT2D eigenvalue weighted by molar-refractivity contribution is 7.09. The molecule has 134 valence electrons. The number of guanidine groups is 1. The molecule has 1 aliphatic heterocycles. The van der Waals surface area contributed by atoms with E-state index < -0.39 is 0 Å². The van der Waals surface area contributed by atoms with Gasteiger partial charge in [-0.25, -0.2) is 4.98 Å². The number of rotatable bonds is 6. The van der Waals surface area contributed by atoms with E-state index in [-0.39, 0.29) is 6.10 Å². The third kappa shape index (κ3) is 4.72. The average molecular weight is 359 g/mol. The van der Waals surface area contributed by atoms with Crippen molar-refractivity contribution >= 4 is 17.3 Å². The molecule has 1 atom stereocenters. The fourth-order valence-electron chi connectivity index (χ4n) is 2.81. The highest BCUT2D eigenvalue weighted by Crippen LogP contribution is 2.27. The number of aliphatic imine (C=N–C) groups is 1.